The van der Waals surface area contributed by atoms with Crippen molar-refractivity contribution in [2.75, 3.05) is 6.54 Å². The Balaban J connectivity index is 1.45. The van der Waals surface area contributed by atoms with Crippen molar-refractivity contribution in [3.8, 4) is 11.5 Å². The standard InChI is InChI=1S/C28H32ClN3O3/c1-19-5-11-22(12-6-19)30-27(34)28(2)18-31-23(25-4-3-17-35-25)13-14-24(31)26(33)32(28)16-15-20-7-9-21(29)10-8-20/h3-4,7-10,13-14,17,19,22H,5-6,11-12,15-16,18H2,1-2H3,(H,30,34)/t19?,22?,28-/m1/s1. The third-order valence-corrected chi connectivity index (χ3v) is 7.91. The van der Waals surface area contributed by atoms with E-state index in [1.807, 2.05) is 60.0 Å². The highest BCUT2D eigenvalue weighted by Gasteiger charge is 2.48. The molecule has 1 N–H and O–H groups in total. The number of furan rings is 1. The summed E-state index contributed by atoms with van der Waals surface area (Å²) >= 11 is 6.05. The molecule has 1 aliphatic heterocycles. The highest BCUT2D eigenvalue weighted by Crippen LogP contribution is 2.34. The molecule has 2 amide bonds. The van der Waals surface area contributed by atoms with E-state index in [1.54, 1.807) is 11.2 Å². The number of halogens is 1. The van der Waals surface area contributed by atoms with Crippen LogP contribution in [0.1, 0.15) is 55.6 Å². The Hall–Kier alpha value is -2.99. The minimum Gasteiger partial charge on any atom is -0.463 e. The first kappa shape index (κ1) is 23.7. The molecule has 1 saturated carbocycles. The summed E-state index contributed by atoms with van der Waals surface area (Å²) in [5.41, 5.74) is 1.42. The van der Waals surface area contributed by atoms with Crippen molar-refractivity contribution >= 4 is 23.4 Å². The van der Waals surface area contributed by atoms with Gasteiger partial charge in [-0.05, 0) is 86.9 Å². The summed E-state index contributed by atoms with van der Waals surface area (Å²) in [6.07, 6.45) is 6.45. The minimum absolute atomic E-state index is 0.0914. The Morgan fingerprint density at radius 2 is 1.80 bits per heavy atom. The topological polar surface area (TPSA) is 67.5 Å². The van der Waals surface area contributed by atoms with Gasteiger partial charge in [0.15, 0.2) is 0 Å². The molecular formula is C28H32ClN3O3. The lowest BCUT2D eigenvalue weighted by Gasteiger charge is -2.45. The Morgan fingerprint density at radius 3 is 2.49 bits per heavy atom. The monoisotopic (exact) mass is 493 g/mol. The number of rotatable bonds is 6. The maximum atomic E-state index is 13.9. The molecule has 3 heterocycles. The molecule has 2 aliphatic rings. The van der Waals surface area contributed by atoms with Gasteiger partial charge < -0.3 is 19.2 Å². The normalized spacial score (nSPS) is 24.3. The molecule has 0 unspecified atom stereocenters. The van der Waals surface area contributed by atoms with Gasteiger partial charge in [-0.2, -0.15) is 0 Å². The van der Waals surface area contributed by atoms with Crippen molar-refractivity contribution in [1.82, 2.24) is 14.8 Å². The zero-order valence-electron chi connectivity index (χ0n) is 20.3. The minimum atomic E-state index is -1.03. The third kappa shape index (κ3) is 4.64. The van der Waals surface area contributed by atoms with Crippen LogP contribution in [0, 0.1) is 5.92 Å². The molecule has 3 aromatic rings. The second-order valence-corrected chi connectivity index (χ2v) is 10.6. The van der Waals surface area contributed by atoms with Gasteiger partial charge in [0.05, 0.1) is 18.5 Å². The summed E-state index contributed by atoms with van der Waals surface area (Å²) in [6, 6.07) is 15.2. The predicted octanol–water partition coefficient (Wildman–Crippen LogP) is 5.55. The van der Waals surface area contributed by atoms with Crippen LogP contribution in [0.15, 0.2) is 59.2 Å². The van der Waals surface area contributed by atoms with Crippen molar-refractivity contribution in [1.29, 1.82) is 0 Å². The fraction of sp³-hybridized carbons (Fsp3) is 0.429. The van der Waals surface area contributed by atoms with E-state index in [0.29, 0.717) is 41.9 Å². The van der Waals surface area contributed by atoms with E-state index in [1.165, 1.54) is 0 Å². The Kier molecular flexibility index (Phi) is 6.49. The van der Waals surface area contributed by atoms with Crippen LogP contribution in [0.4, 0.5) is 0 Å². The van der Waals surface area contributed by atoms with Crippen LogP contribution >= 0.6 is 11.6 Å². The highest BCUT2D eigenvalue weighted by atomic mass is 35.5. The Labute approximate surface area is 211 Å². The lowest BCUT2D eigenvalue weighted by atomic mass is 9.86. The van der Waals surface area contributed by atoms with Gasteiger partial charge >= 0.3 is 0 Å². The zero-order chi connectivity index (χ0) is 24.6. The summed E-state index contributed by atoms with van der Waals surface area (Å²) in [4.78, 5) is 29.4. The van der Waals surface area contributed by atoms with Crippen LogP contribution in [0.25, 0.3) is 11.5 Å². The third-order valence-electron chi connectivity index (χ3n) is 7.66. The molecule has 0 spiro atoms. The maximum absolute atomic E-state index is 13.9. The first-order valence-corrected chi connectivity index (χ1v) is 12.8. The molecule has 6 nitrogen and oxygen atoms in total. The smallest absolute Gasteiger partial charge is 0.271 e. The number of hydrogen-bond acceptors (Lipinski definition) is 3. The zero-order valence-corrected chi connectivity index (χ0v) is 21.1. The van der Waals surface area contributed by atoms with E-state index in [-0.39, 0.29) is 17.9 Å². The molecule has 7 heteroatoms. The van der Waals surface area contributed by atoms with Crippen LogP contribution < -0.4 is 5.32 Å². The number of nitrogens with zero attached hydrogens (tertiary/aromatic N) is 2. The second-order valence-electron chi connectivity index (χ2n) is 10.2. The van der Waals surface area contributed by atoms with Gasteiger partial charge in [-0.15, -0.1) is 0 Å². The molecule has 1 aromatic carbocycles. The Morgan fingerprint density at radius 1 is 1.09 bits per heavy atom. The highest BCUT2D eigenvalue weighted by molar-refractivity contribution is 6.30. The number of aromatic nitrogens is 1. The molecule has 0 bridgehead atoms. The summed E-state index contributed by atoms with van der Waals surface area (Å²) in [7, 11) is 0. The van der Waals surface area contributed by atoms with Crippen molar-refractivity contribution in [2.24, 2.45) is 5.92 Å². The molecule has 35 heavy (non-hydrogen) atoms. The summed E-state index contributed by atoms with van der Waals surface area (Å²) in [6.45, 7) is 4.96. The Bertz CT molecular complexity index is 1190. The largest absolute Gasteiger partial charge is 0.463 e. The van der Waals surface area contributed by atoms with Crippen LogP contribution in [-0.2, 0) is 17.8 Å². The molecule has 1 fully saturated rings. The quantitative estimate of drug-likeness (QED) is 0.489. The first-order valence-electron chi connectivity index (χ1n) is 12.5. The second kappa shape index (κ2) is 9.57. The lowest BCUT2D eigenvalue weighted by molar-refractivity contribution is -0.133. The van der Waals surface area contributed by atoms with Crippen molar-refractivity contribution in [3.05, 3.63) is 71.1 Å². The van der Waals surface area contributed by atoms with E-state index < -0.39 is 5.54 Å². The van der Waals surface area contributed by atoms with E-state index >= 15 is 0 Å². The molecule has 1 aliphatic carbocycles. The summed E-state index contributed by atoms with van der Waals surface area (Å²) in [5.74, 6) is 1.15. The van der Waals surface area contributed by atoms with E-state index in [0.717, 1.165) is 36.9 Å². The number of fused-ring (bicyclic) bond motifs is 1. The molecule has 0 radical (unpaired) electrons. The fourth-order valence-corrected chi connectivity index (χ4v) is 5.53. The number of carbonyl (C=O) groups excluding carboxylic acids is 2. The molecule has 2 aromatic heterocycles. The fourth-order valence-electron chi connectivity index (χ4n) is 5.40. The van der Waals surface area contributed by atoms with Gasteiger partial charge in [0.25, 0.3) is 5.91 Å². The number of carbonyl (C=O) groups is 2. The molecule has 0 saturated heterocycles. The summed E-state index contributed by atoms with van der Waals surface area (Å²) < 4.78 is 7.56. The predicted molar refractivity (Wildman–Crippen MR) is 136 cm³/mol. The molecule has 184 valence electrons. The van der Waals surface area contributed by atoms with Crippen molar-refractivity contribution in [3.63, 3.8) is 0 Å². The average molecular weight is 494 g/mol. The lowest BCUT2D eigenvalue weighted by Crippen LogP contribution is -2.65. The van der Waals surface area contributed by atoms with E-state index in [9.17, 15) is 9.59 Å². The molecular weight excluding hydrogens is 462 g/mol. The van der Waals surface area contributed by atoms with Crippen LogP contribution in [0.2, 0.25) is 5.02 Å². The first-order chi connectivity index (χ1) is 16.8. The molecule has 5 rings (SSSR count). The maximum Gasteiger partial charge on any atom is 0.271 e. The van der Waals surface area contributed by atoms with Gasteiger partial charge in [-0.1, -0.05) is 30.7 Å². The number of benzene rings is 1. The average Bonchev–Trinajstić information content (AvgIpc) is 3.51. The summed E-state index contributed by atoms with van der Waals surface area (Å²) in [5, 5.41) is 3.97. The van der Waals surface area contributed by atoms with Crippen molar-refractivity contribution in [2.45, 2.75) is 64.1 Å². The van der Waals surface area contributed by atoms with Gasteiger partial charge in [0.1, 0.15) is 17.0 Å². The van der Waals surface area contributed by atoms with Crippen LogP contribution in [0.3, 0.4) is 0 Å². The van der Waals surface area contributed by atoms with Gasteiger partial charge in [0, 0.05) is 17.6 Å². The van der Waals surface area contributed by atoms with Gasteiger partial charge in [0.2, 0.25) is 5.91 Å². The van der Waals surface area contributed by atoms with Gasteiger partial charge in [-0.25, -0.2) is 0 Å². The van der Waals surface area contributed by atoms with Crippen molar-refractivity contribution < 1.29 is 14.0 Å². The van der Waals surface area contributed by atoms with E-state index in [4.69, 9.17) is 16.0 Å². The van der Waals surface area contributed by atoms with Crippen LogP contribution in [0.5, 0.6) is 0 Å². The van der Waals surface area contributed by atoms with Gasteiger partial charge in [-0.3, -0.25) is 9.59 Å². The number of hydrogen-bond donors (Lipinski definition) is 1. The van der Waals surface area contributed by atoms with E-state index in [2.05, 4.69) is 12.2 Å². The molecule has 1 atom stereocenters. The van der Waals surface area contributed by atoms with Crippen LogP contribution in [-0.4, -0.2) is 39.4 Å². The number of amides is 2. The number of nitrogens with one attached hydrogen (secondary N) is 1. The SMILES string of the molecule is CC1CCC(NC(=O)[C@@]2(C)Cn3c(ccc3-c3ccco3)C(=O)N2CCc2ccc(Cl)cc2)CC1.